The van der Waals surface area contributed by atoms with Crippen molar-refractivity contribution in [1.29, 1.82) is 0 Å². The summed E-state index contributed by atoms with van der Waals surface area (Å²) in [5.41, 5.74) is 0. The van der Waals surface area contributed by atoms with Crippen LogP contribution in [0.5, 0.6) is 11.5 Å². The first kappa shape index (κ1) is 11.7. The molecule has 1 aliphatic heterocycles. The number of para-hydroxylation sites is 2. The predicted molar refractivity (Wildman–Crippen MR) is 60.2 cm³/mol. The molecule has 1 aromatic carbocycles. The fraction of sp³-hybridized carbons (Fsp3) is 0.273. The van der Waals surface area contributed by atoms with E-state index in [-0.39, 0.29) is 12.5 Å². The highest BCUT2D eigenvalue weighted by Gasteiger charge is 2.28. The molecule has 1 aromatic rings. The van der Waals surface area contributed by atoms with Crippen molar-refractivity contribution in [2.75, 3.05) is 12.5 Å². The van der Waals surface area contributed by atoms with Crippen LogP contribution in [0.3, 0.4) is 0 Å². The molecule has 0 fully saturated rings. The third kappa shape index (κ3) is 2.68. The van der Waals surface area contributed by atoms with Crippen molar-refractivity contribution in [3.05, 3.63) is 24.3 Å². The molecule has 2 amide bonds. The Labute approximate surface area is 103 Å². The maximum Gasteiger partial charge on any atom is 0.271 e. The summed E-state index contributed by atoms with van der Waals surface area (Å²) in [4.78, 5) is 22.5. The summed E-state index contributed by atoms with van der Waals surface area (Å²) in [5.74, 6) is -0.308. The van der Waals surface area contributed by atoms with Crippen molar-refractivity contribution in [3.63, 3.8) is 0 Å². The van der Waals surface area contributed by atoms with E-state index in [1.54, 1.807) is 24.3 Å². The number of benzene rings is 1. The molecule has 2 rings (SSSR count). The van der Waals surface area contributed by atoms with Gasteiger partial charge in [0.15, 0.2) is 11.5 Å². The number of halogens is 1. The molecule has 6 heteroatoms. The minimum atomic E-state index is -0.836. The van der Waals surface area contributed by atoms with Gasteiger partial charge in [0.1, 0.15) is 12.5 Å². The lowest BCUT2D eigenvalue weighted by Gasteiger charge is -2.25. The molecule has 0 bridgehead atoms. The van der Waals surface area contributed by atoms with Crippen molar-refractivity contribution >= 4 is 23.4 Å². The molecule has 1 N–H and O–H groups in total. The second-order valence-electron chi connectivity index (χ2n) is 3.41. The van der Waals surface area contributed by atoms with Gasteiger partial charge in [-0.15, -0.1) is 11.6 Å². The number of nitrogens with one attached hydrogen (secondary N) is 1. The van der Waals surface area contributed by atoms with E-state index in [2.05, 4.69) is 5.32 Å². The van der Waals surface area contributed by atoms with Crippen LogP contribution < -0.4 is 14.8 Å². The minimum absolute atomic E-state index is 0.0679. The predicted octanol–water partition coefficient (Wildman–Crippen LogP) is 0.708. The van der Waals surface area contributed by atoms with Gasteiger partial charge in [0.25, 0.3) is 5.91 Å². The molecular weight excluding hydrogens is 246 g/mol. The Bertz CT molecular complexity index is 449. The fourth-order valence-electron chi connectivity index (χ4n) is 1.40. The van der Waals surface area contributed by atoms with E-state index in [0.717, 1.165) is 0 Å². The highest BCUT2D eigenvalue weighted by Crippen LogP contribution is 2.30. The van der Waals surface area contributed by atoms with Gasteiger partial charge in [0, 0.05) is 0 Å². The number of ether oxygens (including phenoxy) is 2. The number of rotatable bonds is 2. The van der Waals surface area contributed by atoms with Crippen molar-refractivity contribution in [2.24, 2.45) is 0 Å². The molecular formula is C11H10ClNO4. The number of carbonyl (C=O) groups is 2. The summed E-state index contributed by atoms with van der Waals surface area (Å²) in [6.07, 6.45) is -0.836. The lowest BCUT2D eigenvalue weighted by Crippen LogP contribution is -2.46. The zero-order valence-electron chi connectivity index (χ0n) is 8.81. The number of amides is 2. The van der Waals surface area contributed by atoms with Crippen molar-refractivity contribution < 1.29 is 19.1 Å². The van der Waals surface area contributed by atoms with Crippen LogP contribution in [-0.4, -0.2) is 30.4 Å². The molecule has 0 aliphatic carbocycles. The zero-order valence-corrected chi connectivity index (χ0v) is 9.57. The van der Waals surface area contributed by atoms with Gasteiger partial charge in [-0.25, -0.2) is 0 Å². The Hall–Kier alpha value is -1.75. The fourth-order valence-corrected chi connectivity index (χ4v) is 1.47. The Kier molecular flexibility index (Phi) is 3.49. The van der Waals surface area contributed by atoms with Gasteiger partial charge in [-0.3, -0.25) is 14.9 Å². The quantitative estimate of drug-likeness (QED) is 0.791. The maximum atomic E-state index is 11.6. The summed E-state index contributed by atoms with van der Waals surface area (Å²) >= 11 is 5.28. The van der Waals surface area contributed by atoms with Crippen molar-refractivity contribution in [3.8, 4) is 11.5 Å². The summed E-state index contributed by atoms with van der Waals surface area (Å²) in [6.45, 7) is 0.0679. The molecule has 1 atom stereocenters. The first-order chi connectivity index (χ1) is 8.20. The summed E-state index contributed by atoms with van der Waals surface area (Å²) in [7, 11) is 0. The van der Waals surface area contributed by atoms with E-state index in [0.29, 0.717) is 11.5 Å². The number of hydrogen-bond donors (Lipinski definition) is 1. The monoisotopic (exact) mass is 255 g/mol. The molecule has 0 saturated carbocycles. The van der Waals surface area contributed by atoms with E-state index >= 15 is 0 Å². The first-order valence-electron chi connectivity index (χ1n) is 4.99. The third-order valence-corrected chi connectivity index (χ3v) is 2.43. The Morgan fingerprint density at radius 1 is 1.35 bits per heavy atom. The highest BCUT2D eigenvalue weighted by atomic mass is 35.5. The van der Waals surface area contributed by atoms with Gasteiger partial charge in [-0.2, -0.15) is 0 Å². The van der Waals surface area contributed by atoms with Gasteiger partial charge in [-0.1, -0.05) is 12.1 Å². The van der Waals surface area contributed by atoms with Gasteiger partial charge >= 0.3 is 0 Å². The Morgan fingerprint density at radius 2 is 2.06 bits per heavy atom. The van der Waals surface area contributed by atoms with Crippen LogP contribution in [0.25, 0.3) is 0 Å². The average molecular weight is 256 g/mol. The largest absolute Gasteiger partial charge is 0.485 e. The van der Waals surface area contributed by atoms with E-state index < -0.39 is 17.9 Å². The molecule has 1 heterocycles. The van der Waals surface area contributed by atoms with Crippen molar-refractivity contribution in [2.45, 2.75) is 6.10 Å². The average Bonchev–Trinajstić information content (AvgIpc) is 2.38. The van der Waals surface area contributed by atoms with Crippen LogP contribution in [-0.2, 0) is 9.59 Å². The summed E-state index contributed by atoms with van der Waals surface area (Å²) < 4.78 is 10.7. The molecule has 0 radical (unpaired) electrons. The molecule has 1 aliphatic rings. The highest BCUT2D eigenvalue weighted by molar-refractivity contribution is 6.28. The van der Waals surface area contributed by atoms with E-state index in [1.165, 1.54) is 0 Å². The van der Waals surface area contributed by atoms with E-state index in [4.69, 9.17) is 21.1 Å². The van der Waals surface area contributed by atoms with Crippen LogP contribution >= 0.6 is 11.6 Å². The van der Waals surface area contributed by atoms with Crippen LogP contribution in [0.15, 0.2) is 24.3 Å². The summed E-state index contributed by atoms with van der Waals surface area (Å²) in [6, 6.07) is 7.01. The lowest BCUT2D eigenvalue weighted by molar-refractivity contribution is -0.135. The molecule has 90 valence electrons. The van der Waals surface area contributed by atoms with E-state index in [1.807, 2.05) is 0 Å². The molecule has 17 heavy (non-hydrogen) atoms. The minimum Gasteiger partial charge on any atom is -0.485 e. The molecule has 0 saturated heterocycles. The van der Waals surface area contributed by atoms with Gasteiger partial charge in [-0.05, 0) is 12.1 Å². The van der Waals surface area contributed by atoms with Crippen LogP contribution in [0.2, 0.25) is 0 Å². The number of hydrogen-bond acceptors (Lipinski definition) is 4. The Morgan fingerprint density at radius 3 is 2.76 bits per heavy atom. The van der Waals surface area contributed by atoms with E-state index in [9.17, 15) is 9.59 Å². The van der Waals surface area contributed by atoms with Gasteiger partial charge in [0.2, 0.25) is 12.0 Å². The van der Waals surface area contributed by atoms with Crippen molar-refractivity contribution in [1.82, 2.24) is 5.32 Å². The summed E-state index contributed by atoms with van der Waals surface area (Å²) in [5, 5.41) is 2.12. The number of fused-ring (bicyclic) bond motifs is 1. The smallest absolute Gasteiger partial charge is 0.271 e. The molecule has 0 aromatic heterocycles. The number of carbonyl (C=O) groups excluding carboxylic acids is 2. The van der Waals surface area contributed by atoms with Crippen LogP contribution in [0.1, 0.15) is 0 Å². The molecule has 0 spiro atoms. The zero-order chi connectivity index (χ0) is 12.3. The van der Waals surface area contributed by atoms with Gasteiger partial charge in [0.05, 0.1) is 0 Å². The normalized spacial score (nSPS) is 17.4. The lowest BCUT2D eigenvalue weighted by atomic mass is 10.2. The molecule has 5 nitrogen and oxygen atoms in total. The molecule has 0 unspecified atom stereocenters. The van der Waals surface area contributed by atoms with Crippen LogP contribution in [0.4, 0.5) is 0 Å². The second-order valence-corrected chi connectivity index (χ2v) is 3.68. The first-order valence-corrected chi connectivity index (χ1v) is 5.52. The third-order valence-electron chi connectivity index (χ3n) is 2.19. The number of alkyl halides is 1. The number of imide groups is 1. The van der Waals surface area contributed by atoms with Gasteiger partial charge < -0.3 is 9.47 Å². The SMILES string of the molecule is O=C(CCl)NC(=O)[C@H]1COc2ccccc2O1. The second kappa shape index (κ2) is 5.05. The van der Waals surface area contributed by atoms with Crippen LogP contribution in [0, 0.1) is 0 Å². The topological polar surface area (TPSA) is 64.6 Å². The maximum absolute atomic E-state index is 11.6. The standard InChI is InChI=1S/C11H10ClNO4/c12-5-10(14)13-11(15)9-6-16-7-3-1-2-4-8(7)17-9/h1-4,9H,5-6H2,(H,13,14,15)/t9-/m1/s1. The Balaban J connectivity index is 2.02.